The summed E-state index contributed by atoms with van der Waals surface area (Å²) in [6.07, 6.45) is -3.08. The smallest absolute Gasteiger partial charge is 0.406 e. The first-order valence-corrected chi connectivity index (χ1v) is 8.21. The Hall–Kier alpha value is -1.80. The number of carbonyl (C=O) groups is 1. The number of rotatable bonds is 7. The van der Waals surface area contributed by atoms with E-state index in [0.717, 1.165) is 15.3 Å². The van der Waals surface area contributed by atoms with Gasteiger partial charge in [-0.05, 0) is 43.1 Å². The quantitative estimate of drug-likeness (QED) is 0.756. The largest absolute Gasteiger partial charge is 0.467 e. The highest BCUT2D eigenvalue weighted by Crippen LogP contribution is 2.20. The number of likely N-dealkylation sites (N-methyl/N-ethyl adjacent to an activating group) is 1. The molecule has 0 aliphatic heterocycles. The van der Waals surface area contributed by atoms with Crippen molar-refractivity contribution in [2.75, 3.05) is 20.1 Å². The predicted molar refractivity (Wildman–Crippen MR) is 85.6 cm³/mol. The predicted octanol–water partition coefficient (Wildman–Crippen LogP) is 3.67. The number of amides is 1. The molecule has 0 aromatic carbocycles. The van der Waals surface area contributed by atoms with E-state index in [1.807, 2.05) is 18.4 Å². The van der Waals surface area contributed by atoms with Gasteiger partial charge in [-0.3, -0.25) is 9.69 Å². The van der Waals surface area contributed by atoms with Gasteiger partial charge >= 0.3 is 6.18 Å². The lowest BCUT2D eigenvalue weighted by Crippen LogP contribution is -2.43. The lowest BCUT2D eigenvalue weighted by Gasteiger charge is -2.25. The van der Waals surface area contributed by atoms with Crippen LogP contribution in [0.5, 0.6) is 0 Å². The molecule has 24 heavy (non-hydrogen) atoms. The molecule has 0 N–H and O–H groups in total. The Balaban J connectivity index is 1.99. The van der Waals surface area contributed by atoms with E-state index < -0.39 is 18.6 Å². The molecule has 2 heterocycles. The van der Waals surface area contributed by atoms with Crippen LogP contribution in [-0.4, -0.2) is 42.0 Å². The number of hydrogen-bond acceptors (Lipinski definition) is 4. The first-order valence-electron chi connectivity index (χ1n) is 7.33. The molecule has 4 nitrogen and oxygen atoms in total. The summed E-state index contributed by atoms with van der Waals surface area (Å²) in [7, 11) is 1.72. The Bertz CT molecular complexity index is 653. The zero-order chi connectivity index (χ0) is 17.7. The monoisotopic (exact) mass is 360 g/mol. The lowest BCUT2D eigenvalue weighted by molar-refractivity contribution is -0.163. The van der Waals surface area contributed by atoms with E-state index in [2.05, 4.69) is 0 Å². The van der Waals surface area contributed by atoms with E-state index >= 15 is 0 Å². The van der Waals surface area contributed by atoms with Crippen molar-refractivity contribution in [2.24, 2.45) is 0 Å². The summed E-state index contributed by atoms with van der Waals surface area (Å²) in [5.41, 5.74) is 1.11. The van der Waals surface area contributed by atoms with E-state index in [1.165, 1.54) is 6.26 Å². The highest BCUT2D eigenvalue weighted by molar-refractivity contribution is 7.10. The highest BCUT2D eigenvalue weighted by Gasteiger charge is 2.33. The van der Waals surface area contributed by atoms with E-state index in [0.29, 0.717) is 12.3 Å². The summed E-state index contributed by atoms with van der Waals surface area (Å²) in [5, 5.41) is 1.95. The normalized spacial score (nSPS) is 11.9. The third kappa shape index (κ3) is 5.68. The van der Waals surface area contributed by atoms with Gasteiger partial charge in [-0.2, -0.15) is 13.2 Å². The van der Waals surface area contributed by atoms with Crippen molar-refractivity contribution in [1.82, 2.24) is 9.80 Å². The summed E-state index contributed by atoms with van der Waals surface area (Å²) in [5.74, 6) is -0.259. The van der Waals surface area contributed by atoms with Gasteiger partial charge in [0, 0.05) is 11.4 Å². The Morgan fingerprint density at radius 1 is 1.29 bits per heavy atom. The number of furan rings is 1. The molecule has 0 bridgehead atoms. The molecule has 0 aliphatic rings. The molecular formula is C16H19F3N2O2S. The SMILES string of the molecule is Cc1ccsc1CN(C)CC(=O)N(Cc1ccco1)CC(F)(F)F. The van der Waals surface area contributed by atoms with Crippen molar-refractivity contribution in [2.45, 2.75) is 26.2 Å². The maximum Gasteiger partial charge on any atom is 0.406 e. The summed E-state index contributed by atoms with van der Waals surface area (Å²) >= 11 is 1.57. The minimum Gasteiger partial charge on any atom is -0.467 e. The minimum absolute atomic E-state index is 0.0892. The van der Waals surface area contributed by atoms with E-state index in [9.17, 15) is 18.0 Å². The van der Waals surface area contributed by atoms with Crippen LogP contribution in [0.15, 0.2) is 34.3 Å². The minimum atomic E-state index is -4.45. The zero-order valence-electron chi connectivity index (χ0n) is 13.5. The number of halogens is 3. The van der Waals surface area contributed by atoms with Crippen LogP contribution < -0.4 is 0 Å². The van der Waals surface area contributed by atoms with E-state index in [1.54, 1.807) is 35.4 Å². The number of aryl methyl sites for hydroxylation is 1. The summed E-state index contributed by atoms with van der Waals surface area (Å²) < 4.78 is 43.3. The molecule has 0 saturated carbocycles. The third-order valence-electron chi connectivity index (χ3n) is 3.44. The van der Waals surface area contributed by atoms with Gasteiger partial charge in [-0.25, -0.2) is 0 Å². The van der Waals surface area contributed by atoms with Crippen molar-refractivity contribution in [3.63, 3.8) is 0 Å². The number of alkyl halides is 3. The second-order valence-corrected chi connectivity index (χ2v) is 6.64. The van der Waals surface area contributed by atoms with Gasteiger partial charge in [0.25, 0.3) is 0 Å². The van der Waals surface area contributed by atoms with Crippen LogP contribution in [0.25, 0.3) is 0 Å². The summed E-state index contributed by atoms with van der Waals surface area (Å²) in [6.45, 7) is 0.911. The molecule has 0 spiro atoms. The molecule has 0 radical (unpaired) electrons. The van der Waals surface area contributed by atoms with Crippen molar-refractivity contribution in [3.8, 4) is 0 Å². The van der Waals surface area contributed by atoms with Crippen LogP contribution in [0.1, 0.15) is 16.2 Å². The Morgan fingerprint density at radius 2 is 2.04 bits per heavy atom. The van der Waals surface area contributed by atoms with E-state index in [-0.39, 0.29) is 13.1 Å². The molecule has 0 unspecified atom stereocenters. The van der Waals surface area contributed by atoms with Gasteiger partial charge in [0.1, 0.15) is 12.3 Å². The molecule has 0 fully saturated rings. The number of hydrogen-bond donors (Lipinski definition) is 0. The first-order chi connectivity index (χ1) is 11.2. The number of nitrogens with zero attached hydrogens (tertiary/aromatic N) is 2. The van der Waals surface area contributed by atoms with Crippen LogP contribution >= 0.6 is 11.3 Å². The van der Waals surface area contributed by atoms with Crippen LogP contribution in [-0.2, 0) is 17.9 Å². The van der Waals surface area contributed by atoms with Crippen LogP contribution in [0.3, 0.4) is 0 Å². The Labute approximate surface area is 142 Å². The van der Waals surface area contributed by atoms with Gasteiger partial charge < -0.3 is 9.32 Å². The Kier molecular flexibility index (Phi) is 6.06. The van der Waals surface area contributed by atoms with Crippen molar-refractivity contribution in [3.05, 3.63) is 46.0 Å². The molecule has 0 atom stereocenters. The van der Waals surface area contributed by atoms with Gasteiger partial charge in [0.05, 0.1) is 19.4 Å². The first kappa shape index (κ1) is 18.5. The molecule has 0 aliphatic carbocycles. The average Bonchev–Trinajstić information content (AvgIpc) is 3.09. The topological polar surface area (TPSA) is 36.7 Å². The fraction of sp³-hybridized carbons (Fsp3) is 0.438. The fourth-order valence-electron chi connectivity index (χ4n) is 2.24. The highest BCUT2D eigenvalue weighted by atomic mass is 32.1. The zero-order valence-corrected chi connectivity index (χ0v) is 14.3. The van der Waals surface area contributed by atoms with Crippen LogP contribution in [0.2, 0.25) is 0 Å². The third-order valence-corrected chi connectivity index (χ3v) is 4.44. The molecule has 2 aromatic heterocycles. The van der Waals surface area contributed by atoms with Gasteiger partial charge in [-0.1, -0.05) is 0 Å². The van der Waals surface area contributed by atoms with Gasteiger partial charge in [0.2, 0.25) is 5.91 Å². The molecule has 2 rings (SSSR count). The standard InChI is InChI=1S/C16H19F3N2O2S/c1-12-5-7-24-14(12)9-20(2)10-15(22)21(11-16(17,18)19)8-13-4-3-6-23-13/h3-7H,8-11H2,1-2H3. The van der Waals surface area contributed by atoms with Crippen molar-refractivity contribution >= 4 is 17.2 Å². The van der Waals surface area contributed by atoms with Gasteiger partial charge in [0.15, 0.2) is 0 Å². The molecule has 2 aromatic rings. The van der Waals surface area contributed by atoms with Crippen LogP contribution in [0, 0.1) is 6.92 Å². The molecule has 0 saturated heterocycles. The lowest BCUT2D eigenvalue weighted by atomic mass is 10.3. The average molecular weight is 360 g/mol. The number of thiophene rings is 1. The molecule has 8 heteroatoms. The maximum absolute atomic E-state index is 12.8. The van der Waals surface area contributed by atoms with Crippen molar-refractivity contribution < 1.29 is 22.4 Å². The second kappa shape index (κ2) is 7.85. The molecule has 132 valence electrons. The van der Waals surface area contributed by atoms with Gasteiger partial charge in [-0.15, -0.1) is 11.3 Å². The Morgan fingerprint density at radius 3 is 2.58 bits per heavy atom. The second-order valence-electron chi connectivity index (χ2n) is 5.64. The summed E-state index contributed by atoms with van der Waals surface area (Å²) in [4.78, 5) is 15.9. The van der Waals surface area contributed by atoms with Crippen molar-refractivity contribution in [1.29, 1.82) is 0 Å². The molecule has 1 amide bonds. The maximum atomic E-state index is 12.8. The van der Waals surface area contributed by atoms with E-state index in [4.69, 9.17) is 4.42 Å². The fourth-order valence-corrected chi connectivity index (χ4v) is 3.22. The summed E-state index contributed by atoms with van der Waals surface area (Å²) in [6, 6.07) is 5.11. The molecular weight excluding hydrogens is 341 g/mol. The van der Waals surface area contributed by atoms with Crippen LogP contribution in [0.4, 0.5) is 13.2 Å². The number of carbonyl (C=O) groups excluding carboxylic acids is 1.